The summed E-state index contributed by atoms with van der Waals surface area (Å²) in [6.45, 7) is 11.1. The summed E-state index contributed by atoms with van der Waals surface area (Å²) in [6, 6.07) is -0.562. The van der Waals surface area contributed by atoms with Gasteiger partial charge in [0.25, 0.3) is 0 Å². The van der Waals surface area contributed by atoms with Crippen LogP contribution in [0.3, 0.4) is 0 Å². The minimum atomic E-state index is -0.562. The molecule has 1 amide bonds. The van der Waals surface area contributed by atoms with Crippen LogP contribution in [0, 0.1) is 0 Å². The van der Waals surface area contributed by atoms with Crippen LogP contribution in [-0.2, 0) is 14.3 Å². The molecule has 16 heavy (non-hydrogen) atoms. The van der Waals surface area contributed by atoms with E-state index in [4.69, 9.17) is 4.74 Å². The van der Waals surface area contributed by atoms with Crippen LogP contribution in [0.4, 0.5) is 0 Å². The lowest BCUT2D eigenvalue weighted by Gasteiger charge is -2.26. The van der Waals surface area contributed by atoms with Crippen LogP contribution >= 0.6 is 0 Å². The average molecular weight is 227 g/mol. The van der Waals surface area contributed by atoms with Crippen molar-refractivity contribution >= 4 is 11.9 Å². The van der Waals surface area contributed by atoms with Crippen molar-refractivity contribution in [2.24, 2.45) is 0 Å². The van der Waals surface area contributed by atoms with Crippen molar-refractivity contribution in [3.8, 4) is 0 Å². The van der Waals surface area contributed by atoms with Crippen molar-refractivity contribution in [2.45, 2.75) is 46.3 Å². The molecule has 4 nitrogen and oxygen atoms in total. The smallest absolute Gasteiger partial charge is 0.328 e. The van der Waals surface area contributed by atoms with Gasteiger partial charge in [0.05, 0.1) is 6.10 Å². The highest BCUT2D eigenvalue weighted by atomic mass is 16.5. The van der Waals surface area contributed by atoms with Gasteiger partial charge in [0, 0.05) is 6.54 Å². The Hall–Kier alpha value is -1.32. The fraction of sp³-hybridized carbons (Fsp3) is 0.667. The molecule has 0 rings (SSSR count). The average Bonchev–Trinajstić information content (AvgIpc) is 2.23. The number of nitrogens with zero attached hydrogens (tertiary/aromatic N) is 1. The molecule has 1 unspecified atom stereocenters. The van der Waals surface area contributed by atoms with Gasteiger partial charge in [-0.25, -0.2) is 4.79 Å². The van der Waals surface area contributed by atoms with Crippen LogP contribution in [0.25, 0.3) is 0 Å². The molecule has 0 heterocycles. The van der Waals surface area contributed by atoms with Gasteiger partial charge < -0.3 is 9.64 Å². The van der Waals surface area contributed by atoms with Gasteiger partial charge in [-0.05, 0) is 33.3 Å². The van der Waals surface area contributed by atoms with Gasteiger partial charge in [-0.1, -0.05) is 13.5 Å². The Labute approximate surface area is 97.3 Å². The Bertz CT molecular complexity index is 261. The zero-order chi connectivity index (χ0) is 12.7. The standard InChI is InChI=1S/C12H21NO3/c1-6-8-13(11(14)7-2)10(5)12(15)16-9(3)4/h7,9-10H,2,6,8H2,1,3-5H3. The van der Waals surface area contributed by atoms with Crippen molar-refractivity contribution in [2.75, 3.05) is 6.54 Å². The molecule has 0 saturated carbocycles. The first kappa shape index (κ1) is 14.7. The molecule has 0 spiro atoms. The molecule has 0 radical (unpaired) electrons. The number of ether oxygens (including phenoxy) is 1. The third-order valence-corrected chi connectivity index (χ3v) is 2.08. The summed E-state index contributed by atoms with van der Waals surface area (Å²) in [6.07, 6.45) is 1.84. The van der Waals surface area contributed by atoms with Gasteiger partial charge in [0.2, 0.25) is 5.91 Å². The maximum atomic E-state index is 11.6. The normalized spacial score (nSPS) is 12.1. The third kappa shape index (κ3) is 4.47. The van der Waals surface area contributed by atoms with Gasteiger partial charge >= 0.3 is 5.97 Å². The molecule has 0 saturated heterocycles. The minimum Gasteiger partial charge on any atom is -0.461 e. The topological polar surface area (TPSA) is 46.6 Å². The number of rotatable bonds is 6. The number of carbonyl (C=O) groups is 2. The number of carbonyl (C=O) groups excluding carboxylic acids is 2. The minimum absolute atomic E-state index is 0.169. The first-order valence-electron chi connectivity index (χ1n) is 5.57. The van der Waals surface area contributed by atoms with E-state index in [0.717, 1.165) is 6.42 Å². The summed E-state index contributed by atoms with van der Waals surface area (Å²) >= 11 is 0. The van der Waals surface area contributed by atoms with Crippen molar-refractivity contribution in [3.63, 3.8) is 0 Å². The number of hydrogen-bond donors (Lipinski definition) is 0. The predicted molar refractivity (Wildman–Crippen MR) is 62.9 cm³/mol. The Morgan fingerprint density at radius 2 is 1.94 bits per heavy atom. The fourth-order valence-electron chi connectivity index (χ4n) is 1.31. The first-order chi connectivity index (χ1) is 7.43. The van der Waals surface area contributed by atoms with Gasteiger partial charge in [-0.3, -0.25) is 4.79 Å². The summed E-state index contributed by atoms with van der Waals surface area (Å²) in [5, 5.41) is 0. The monoisotopic (exact) mass is 227 g/mol. The van der Waals surface area contributed by atoms with Crippen molar-refractivity contribution in [1.82, 2.24) is 4.90 Å². The van der Waals surface area contributed by atoms with E-state index in [2.05, 4.69) is 6.58 Å². The Balaban J connectivity index is 4.59. The zero-order valence-corrected chi connectivity index (χ0v) is 10.5. The lowest BCUT2D eigenvalue weighted by Crippen LogP contribution is -2.44. The summed E-state index contributed by atoms with van der Waals surface area (Å²) in [5.74, 6) is -0.617. The van der Waals surface area contributed by atoms with Crippen LogP contribution in [-0.4, -0.2) is 35.5 Å². The summed E-state index contributed by atoms with van der Waals surface area (Å²) < 4.78 is 5.07. The molecule has 0 fully saturated rings. The predicted octanol–water partition coefficient (Wildman–Crippen LogP) is 1.75. The zero-order valence-electron chi connectivity index (χ0n) is 10.5. The summed E-state index contributed by atoms with van der Waals surface area (Å²) in [7, 11) is 0. The van der Waals surface area contributed by atoms with Crippen LogP contribution in [0.1, 0.15) is 34.1 Å². The second kappa shape index (κ2) is 7.04. The lowest BCUT2D eigenvalue weighted by molar-refractivity contribution is -0.156. The molecule has 0 aromatic heterocycles. The molecule has 0 aliphatic carbocycles. The molecule has 0 aliphatic heterocycles. The van der Waals surface area contributed by atoms with E-state index in [0.29, 0.717) is 6.54 Å². The van der Waals surface area contributed by atoms with Crippen LogP contribution in [0.15, 0.2) is 12.7 Å². The Kier molecular flexibility index (Phi) is 6.46. The quantitative estimate of drug-likeness (QED) is 0.513. The van der Waals surface area contributed by atoms with Gasteiger partial charge in [0.15, 0.2) is 0 Å². The fourth-order valence-corrected chi connectivity index (χ4v) is 1.31. The van der Waals surface area contributed by atoms with Gasteiger partial charge in [-0.15, -0.1) is 0 Å². The van der Waals surface area contributed by atoms with Gasteiger partial charge in [-0.2, -0.15) is 0 Å². The van der Waals surface area contributed by atoms with E-state index in [9.17, 15) is 9.59 Å². The lowest BCUT2D eigenvalue weighted by atomic mass is 10.2. The van der Waals surface area contributed by atoms with Gasteiger partial charge in [0.1, 0.15) is 6.04 Å². The highest BCUT2D eigenvalue weighted by Gasteiger charge is 2.25. The largest absolute Gasteiger partial charge is 0.461 e. The van der Waals surface area contributed by atoms with Crippen molar-refractivity contribution in [3.05, 3.63) is 12.7 Å². The van der Waals surface area contributed by atoms with E-state index < -0.39 is 6.04 Å². The maximum Gasteiger partial charge on any atom is 0.328 e. The molecule has 0 aliphatic rings. The summed E-state index contributed by atoms with van der Waals surface area (Å²) in [4.78, 5) is 24.6. The summed E-state index contributed by atoms with van der Waals surface area (Å²) in [5.41, 5.74) is 0. The Morgan fingerprint density at radius 1 is 1.38 bits per heavy atom. The van der Waals surface area contributed by atoms with E-state index in [1.807, 2.05) is 6.92 Å². The first-order valence-corrected chi connectivity index (χ1v) is 5.57. The molecule has 92 valence electrons. The van der Waals surface area contributed by atoms with E-state index in [-0.39, 0.29) is 18.0 Å². The van der Waals surface area contributed by atoms with E-state index >= 15 is 0 Å². The highest BCUT2D eigenvalue weighted by Crippen LogP contribution is 2.06. The molecule has 0 N–H and O–H groups in total. The van der Waals surface area contributed by atoms with Crippen LogP contribution < -0.4 is 0 Å². The molecule has 0 aromatic rings. The number of esters is 1. The molecule has 4 heteroatoms. The van der Waals surface area contributed by atoms with Crippen LogP contribution in [0.5, 0.6) is 0 Å². The SMILES string of the molecule is C=CC(=O)N(CCC)C(C)C(=O)OC(C)C. The highest BCUT2D eigenvalue weighted by molar-refractivity contribution is 5.91. The van der Waals surface area contributed by atoms with E-state index in [1.165, 1.54) is 11.0 Å². The molecule has 1 atom stereocenters. The van der Waals surface area contributed by atoms with E-state index in [1.54, 1.807) is 20.8 Å². The molecule has 0 aromatic carbocycles. The number of amides is 1. The van der Waals surface area contributed by atoms with Crippen LogP contribution in [0.2, 0.25) is 0 Å². The van der Waals surface area contributed by atoms with Crippen molar-refractivity contribution < 1.29 is 14.3 Å². The third-order valence-electron chi connectivity index (χ3n) is 2.08. The van der Waals surface area contributed by atoms with Crippen molar-refractivity contribution in [1.29, 1.82) is 0 Å². The molecule has 0 bridgehead atoms. The second-order valence-corrected chi connectivity index (χ2v) is 3.90. The molecular weight excluding hydrogens is 206 g/mol. The second-order valence-electron chi connectivity index (χ2n) is 3.90. The molecular formula is C12H21NO3. The number of hydrogen-bond acceptors (Lipinski definition) is 3. The maximum absolute atomic E-state index is 11.6. The Morgan fingerprint density at radius 3 is 2.31 bits per heavy atom.